The minimum Gasteiger partial charge on any atom is -0.484 e. The summed E-state index contributed by atoms with van der Waals surface area (Å²) in [6.07, 6.45) is 1.73. The Morgan fingerprint density at radius 3 is 2.53 bits per heavy atom. The SMILES string of the molecule is Cc1cc(C)c2c(c1C)OC(C)(COS(C)(=O)=O)C2. The molecule has 106 valence electrons. The Balaban J connectivity index is 2.29. The van der Waals surface area contributed by atoms with Crippen LogP contribution in [0.3, 0.4) is 0 Å². The van der Waals surface area contributed by atoms with Crippen molar-refractivity contribution in [3.05, 3.63) is 28.3 Å². The lowest BCUT2D eigenvalue weighted by Gasteiger charge is -2.23. The van der Waals surface area contributed by atoms with Gasteiger partial charge in [-0.15, -0.1) is 0 Å². The highest BCUT2D eigenvalue weighted by Crippen LogP contribution is 2.41. The monoisotopic (exact) mass is 284 g/mol. The van der Waals surface area contributed by atoms with Gasteiger partial charge in [0, 0.05) is 12.0 Å². The molecule has 1 aromatic carbocycles. The van der Waals surface area contributed by atoms with Crippen molar-refractivity contribution in [1.82, 2.24) is 0 Å². The van der Waals surface area contributed by atoms with Gasteiger partial charge in [-0.25, -0.2) is 0 Å². The number of rotatable bonds is 3. The molecule has 0 bridgehead atoms. The maximum atomic E-state index is 11.1. The van der Waals surface area contributed by atoms with Crippen LogP contribution in [-0.4, -0.2) is 26.9 Å². The molecule has 0 aliphatic carbocycles. The quantitative estimate of drug-likeness (QED) is 0.799. The van der Waals surface area contributed by atoms with Crippen LogP contribution in [-0.2, 0) is 20.7 Å². The van der Waals surface area contributed by atoms with E-state index >= 15 is 0 Å². The molecule has 1 unspecified atom stereocenters. The predicted molar refractivity (Wildman–Crippen MR) is 74.2 cm³/mol. The standard InChI is InChI=1S/C14H20O4S/c1-9-6-10(2)12-7-14(4,8-17-19(5,15)16)18-13(12)11(9)3/h6H,7-8H2,1-5H3. The maximum Gasteiger partial charge on any atom is 0.264 e. The average molecular weight is 284 g/mol. The number of ether oxygens (including phenoxy) is 1. The van der Waals surface area contributed by atoms with Gasteiger partial charge in [-0.2, -0.15) is 8.42 Å². The van der Waals surface area contributed by atoms with Crippen molar-refractivity contribution < 1.29 is 17.3 Å². The van der Waals surface area contributed by atoms with Gasteiger partial charge in [-0.05, 0) is 44.4 Å². The van der Waals surface area contributed by atoms with Gasteiger partial charge < -0.3 is 4.74 Å². The van der Waals surface area contributed by atoms with E-state index in [1.54, 1.807) is 0 Å². The van der Waals surface area contributed by atoms with E-state index in [0.29, 0.717) is 6.42 Å². The number of benzene rings is 1. The normalized spacial score (nSPS) is 22.2. The number of fused-ring (bicyclic) bond motifs is 1. The molecule has 0 amide bonds. The third-order valence-corrected chi connectivity index (χ3v) is 4.14. The van der Waals surface area contributed by atoms with Gasteiger partial charge in [-0.3, -0.25) is 4.18 Å². The second kappa shape index (κ2) is 4.49. The van der Waals surface area contributed by atoms with Crippen molar-refractivity contribution >= 4 is 10.1 Å². The Morgan fingerprint density at radius 2 is 1.95 bits per heavy atom. The van der Waals surface area contributed by atoms with Crippen LogP contribution in [0.15, 0.2) is 6.07 Å². The zero-order chi connectivity index (χ0) is 14.4. The lowest BCUT2D eigenvalue weighted by Crippen LogP contribution is -2.37. The summed E-state index contributed by atoms with van der Waals surface area (Å²) in [6, 6.07) is 2.14. The summed E-state index contributed by atoms with van der Waals surface area (Å²) in [5, 5.41) is 0. The maximum absolute atomic E-state index is 11.1. The van der Waals surface area contributed by atoms with Gasteiger partial charge in [0.2, 0.25) is 0 Å². The first-order chi connectivity index (χ1) is 8.61. The zero-order valence-corrected chi connectivity index (χ0v) is 12.8. The van der Waals surface area contributed by atoms with Crippen molar-refractivity contribution in [3.63, 3.8) is 0 Å². The molecule has 0 N–H and O–H groups in total. The summed E-state index contributed by atoms with van der Waals surface area (Å²) in [5.74, 6) is 0.886. The van der Waals surface area contributed by atoms with E-state index < -0.39 is 15.7 Å². The van der Waals surface area contributed by atoms with E-state index in [0.717, 1.165) is 23.1 Å². The number of hydrogen-bond donors (Lipinski definition) is 0. The highest BCUT2D eigenvalue weighted by Gasteiger charge is 2.38. The summed E-state index contributed by atoms with van der Waals surface area (Å²) >= 11 is 0. The molecule has 0 saturated carbocycles. The van der Waals surface area contributed by atoms with Gasteiger partial charge in [-0.1, -0.05) is 6.07 Å². The molecule has 0 saturated heterocycles. The molecule has 1 atom stereocenters. The third-order valence-electron chi connectivity index (χ3n) is 3.59. The fourth-order valence-corrected chi connectivity index (χ4v) is 2.89. The first kappa shape index (κ1) is 14.3. The molecule has 1 aromatic rings. The van der Waals surface area contributed by atoms with Crippen LogP contribution < -0.4 is 4.74 Å². The fraction of sp³-hybridized carbons (Fsp3) is 0.571. The first-order valence-electron chi connectivity index (χ1n) is 6.24. The van der Waals surface area contributed by atoms with Crippen LogP contribution in [0, 0.1) is 20.8 Å². The summed E-state index contributed by atoms with van der Waals surface area (Å²) in [4.78, 5) is 0. The highest BCUT2D eigenvalue weighted by atomic mass is 32.2. The van der Waals surface area contributed by atoms with Crippen molar-refractivity contribution in [2.45, 2.75) is 39.7 Å². The molecular weight excluding hydrogens is 264 g/mol. The second-order valence-electron chi connectivity index (χ2n) is 5.64. The van der Waals surface area contributed by atoms with Crippen molar-refractivity contribution in [3.8, 4) is 5.75 Å². The molecule has 0 aromatic heterocycles. The molecular formula is C14H20O4S. The smallest absolute Gasteiger partial charge is 0.264 e. The van der Waals surface area contributed by atoms with Crippen LogP contribution in [0.4, 0.5) is 0 Å². The third kappa shape index (κ3) is 2.92. The Bertz CT molecular complexity index is 619. The Kier molecular flexibility index (Phi) is 3.39. The number of hydrogen-bond acceptors (Lipinski definition) is 4. The van der Waals surface area contributed by atoms with Gasteiger partial charge in [0.1, 0.15) is 18.0 Å². The van der Waals surface area contributed by atoms with Crippen LogP contribution in [0.25, 0.3) is 0 Å². The minimum absolute atomic E-state index is 0.0401. The van der Waals surface area contributed by atoms with Crippen molar-refractivity contribution in [1.29, 1.82) is 0 Å². The van der Waals surface area contributed by atoms with Gasteiger partial charge in [0.25, 0.3) is 10.1 Å². The molecule has 19 heavy (non-hydrogen) atoms. The molecule has 0 spiro atoms. The lowest BCUT2D eigenvalue weighted by molar-refractivity contribution is 0.0585. The lowest BCUT2D eigenvalue weighted by atomic mass is 9.94. The van der Waals surface area contributed by atoms with Crippen LogP contribution in [0.2, 0.25) is 0 Å². The van der Waals surface area contributed by atoms with E-state index in [1.807, 2.05) is 13.8 Å². The predicted octanol–water partition coefficient (Wildman–Crippen LogP) is 2.28. The molecule has 1 aliphatic heterocycles. The van der Waals surface area contributed by atoms with E-state index in [2.05, 4.69) is 19.9 Å². The molecule has 5 heteroatoms. The molecule has 1 heterocycles. The van der Waals surface area contributed by atoms with Crippen LogP contribution >= 0.6 is 0 Å². The summed E-state index contributed by atoms with van der Waals surface area (Å²) in [5.41, 5.74) is 4.02. The second-order valence-corrected chi connectivity index (χ2v) is 7.28. The molecule has 0 fully saturated rings. The molecule has 4 nitrogen and oxygen atoms in total. The molecule has 2 rings (SSSR count). The van der Waals surface area contributed by atoms with E-state index in [1.165, 1.54) is 11.1 Å². The van der Waals surface area contributed by atoms with Gasteiger partial charge >= 0.3 is 0 Å². The summed E-state index contributed by atoms with van der Waals surface area (Å²) in [7, 11) is -3.45. The number of aryl methyl sites for hydroxylation is 2. The molecule has 0 radical (unpaired) electrons. The Morgan fingerprint density at radius 1 is 1.32 bits per heavy atom. The largest absolute Gasteiger partial charge is 0.484 e. The highest BCUT2D eigenvalue weighted by molar-refractivity contribution is 7.85. The Labute approximate surface area is 114 Å². The summed E-state index contributed by atoms with van der Waals surface area (Å²) < 4.78 is 33.1. The van der Waals surface area contributed by atoms with Gasteiger partial charge in [0.15, 0.2) is 0 Å². The van der Waals surface area contributed by atoms with E-state index in [-0.39, 0.29) is 6.61 Å². The topological polar surface area (TPSA) is 52.6 Å². The van der Waals surface area contributed by atoms with Crippen LogP contribution in [0.1, 0.15) is 29.2 Å². The van der Waals surface area contributed by atoms with E-state index in [9.17, 15) is 8.42 Å². The molecule has 1 aliphatic rings. The first-order valence-corrected chi connectivity index (χ1v) is 8.06. The van der Waals surface area contributed by atoms with E-state index in [4.69, 9.17) is 8.92 Å². The Hall–Kier alpha value is -1.07. The van der Waals surface area contributed by atoms with Crippen molar-refractivity contribution in [2.24, 2.45) is 0 Å². The minimum atomic E-state index is -3.45. The zero-order valence-electron chi connectivity index (χ0n) is 12.0. The van der Waals surface area contributed by atoms with Crippen molar-refractivity contribution in [2.75, 3.05) is 12.9 Å². The summed E-state index contributed by atoms with van der Waals surface area (Å²) in [6.45, 7) is 8.05. The van der Waals surface area contributed by atoms with Gasteiger partial charge in [0.05, 0.1) is 6.26 Å². The van der Waals surface area contributed by atoms with Crippen LogP contribution in [0.5, 0.6) is 5.75 Å². The fourth-order valence-electron chi connectivity index (χ4n) is 2.43. The average Bonchev–Trinajstić information content (AvgIpc) is 2.63.